The fourth-order valence-electron chi connectivity index (χ4n) is 2.16. The molecule has 1 aliphatic heterocycles. The molecule has 102 valence electrons. The molecule has 5 heteroatoms. The Labute approximate surface area is 120 Å². The molecule has 1 heterocycles. The van der Waals surface area contributed by atoms with Gasteiger partial charge in [0, 0.05) is 17.2 Å². The van der Waals surface area contributed by atoms with Crippen LogP contribution in [-0.2, 0) is 9.53 Å². The predicted molar refractivity (Wildman–Crippen MR) is 75.3 cm³/mol. The fourth-order valence-corrected chi connectivity index (χ4v) is 2.66. The van der Waals surface area contributed by atoms with E-state index < -0.39 is 6.09 Å². The van der Waals surface area contributed by atoms with Crippen LogP contribution in [-0.4, -0.2) is 34.9 Å². The second kappa shape index (κ2) is 6.19. The third-order valence-electron chi connectivity index (χ3n) is 3.24. The number of rotatable bonds is 4. The number of hydrogen-bond donors (Lipinski definition) is 0. The van der Waals surface area contributed by atoms with Gasteiger partial charge in [-0.15, -0.1) is 0 Å². The van der Waals surface area contributed by atoms with Gasteiger partial charge < -0.3 is 4.74 Å². The van der Waals surface area contributed by atoms with Gasteiger partial charge in [0.05, 0.1) is 6.54 Å². The topological polar surface area (TPSA) is 46.6 Å². The normalized spacial score (nSPS) is 18.0. The summed E-state index contributed by atoms with van der Waals surface area (Å²) in [6.45, 7) is 2.66. The molecule has 0 bridgehead atoms. The van der Waals surface area contributed by atoms with E-state index in [4.69, 9.17) is 4.74 Å². The van der Waals surface area contributed by atoms with Crippen molar-refractivity contribution in [1.29, 1.82) is 0 Å². The lowest BCUT2D eigenvalue weighted by molar-refractivity contribution is -0.128. The first-order valence-corrected chi connectivity index (χ1v) is 7.17. The molecule has 19 heavy (non-hydrogen) atoms. The van der Waals surface area contributed by atoms with Crippen molar-refractivity contribution in [2.24, 2.45) is 0 Å². The summed E-state index contributed by atoms with van der Waals surface area (Å²) in [5.74, 6) is -0.134. The lowest BCUT2D eigenvalue weighted by atomic mass is 9.92. The summed E-state index contributed by atoms with van der Waals surface area (Å²) in [6.07, 6.45) is -0.232. The lowest BCUT2D eigenvalue weighted by Gasteiger charge is -2.21. The molecule has 1 aromatic rings. The largest absolute Gasteiger partial charge is 0.447 e. The Kier molecular flexibility index (Phi) is 4.58. The highest BCUT2D eigenvalue weighted by Gasteiger charge is 2.31. The number of amides is 2. The average molecular weight is 326 g/mol. The zero-order valence-electron chi connectivity index (χ0n) is 10.7. The first-order chi connectivity index (χ1) is 9.09. The number of hydrogen-bond acceptors (Lipinski definition) is 3. The van der Waals surface area contributed by atoms with Crippen LogP contribution < -0.4 is 0 Å². The van der Waals surface area contributed by atoms with Crippen molar-refractivity contribution in [2.75, 3.05) is 13.2 Å². The van der Waals surface area contributed by atoms with E-state index in [-0.39, 0.29) is 16.7 Å². The highest BCUT2D eigenvalue weighted by atomic mass is 79.9. The Balaban J connectivity index is 2.09. The maximum absolute atomic E-state index is 12.1. The Bertz CT molecular complexity index is 461. The van der Waals surface area contributed by atoms with Crippen LogP contribution in [0, 0.1) is 0 Å². The molecule has 2 atom stereocenters. The van der Waals surface area contributed by atoms with Crippen molar-refractivity contribution >= 4 is 27.9 Å². The smallest absolute Gasteiger partial charge is 0.416 e. The molecule has 1 saturated heterocycles. The van der Waals surface area contributed by atoms with Gasteiger partial charge in [0.25, 0.3) is 0 Å². The van der Waals surface area contributed by atoms with Crippen LogP contribution in [0.3, 0.4) is 0 Å². The first kappa shape index (κ1) is 14.1. The minimum absolute atomic E-state index is 0.0436. The van der Waals surface area contributed by atoms with E-state index in [0.717, 1.165) is 5.56 Å². The van der Waals surface area contributed by atoms with Crippen LogP contribution >= 0.6 is 15.9 Å². The standard InChI is InChI=1S/C14H16BrNO3/c1-10(15)12(11-5-3-2-4-6-11)9-13(17)16-7-8-19-14(16)18/h2-6,10,12H,7-9H2,1H3/t10-,12-/m1/s1. The van der Waals surface area contributed by atoms with E-state index in [1.807, 2.05) is 37.3 Å². The summed E-state index contributed by atoms with van der Waals surface area (Å²) in [4.78, 5) is 24.9. The van der Waals surface area contributed by atoms with Crippen LogP contribution in [0.2, 0.25) is 0 Å². The van der Waals surface area contributed by atoms with Gasteiger partial charge in [0.15, 0.2) is 0 Å². The Hall–Kier alpha value is -1.36. The van der Waals surface area contributed by atoms with E-state index in [1.165, 1.54) is 4.90 Å². The molecule has 0 radical (unpaired) electrons. The molecular weight excluding hydrogens is 310 g/mol. The molecule has 4 nitrogen and oxygen atoms in total. The fraction of sp³-hybridized carbons (Fsp3) is 0.429. The molecule has 2 rings (SSSR count). The van der Waals surface area contributed by atoms with E-state index >= 15 is 0 Å². The van der Waals surface area contributed by atoms with Gasteiger partial charge in [-0.1, -0.05) is 53.2 Å². The second-order valence-corrected chi connectivity index (χ2v) is 6.00. The van der Waals surface area contributed by atoms with Gasteiger partial charge in [0.2, 0.25) is 5.91 Å². The van der Waals surface area contributed by atoms with E-state index in [1.54, 1.807) is 0 Å². The number of carbonyl (C=O) groups excluding carboxylic acids is 2. The van der Waals surface area contributed by atoms with Crippen molar-refractivity contribution in [3.8, 4) is 0 Å². The number of imide groups is 1. The van der Waals surface area contributed by atoms with Crippen LogP contribution in [0.5, 0.6) is 0 Å². The van der Waals surface area contributed by atoms with Gasteiger partial charge in [-0.25, -0.2) is 9.69 Å². The number of benzene rings is 1. The lowest BCUT2D eigenvalue weighted by Crippen LogP contribution is -2.33. The summed E-state index contributed by atoms with van der Waals surface area (Å²) in [7, 11) is 0. The van der Waals surface area contributed by atoms with Crippen molar-refractivity contribution < 1.29 is 14.3 Å². The molecule has 0 saturated carbocycles. The number of halogens is 1. The van der Waals surface area contributed by atoms with Gasteiger partial charge in [-0.05, 0) is 5.56 Å². The summed E-state index contributed by atoms with van der Waals surface area (Å²) < 4.78 is 4.79. The molecule has 0 spiro atoms. The molecule has 0 aliphatic carbocycles. The first-order valence-electron chi connectivity index (χ1n) is 6.25. The van der Waals surface area contributed by atoms with Crippen LogP contribution in [0.15, 0.2) is 30.3 Å². The van der Waals surface area contributed by atoms with Crippen molar-refractivity contribution in [1.82, 2.24) is 4.90 Å². The van der Waals surface area contributed by atoms with Crippen LogP contribution in [0.4, 0.5) is 4.79 Å². The third-order valence-corrected chi connectivity index (χ3v) is 3.88. The van der Waals surface area contributed by atoms with E-state index in [9.17, 15) is 9.59 Å². The monoisotopic (exact) mass is 325 g/mol. The summed E-state index contributed by atoms with van der Waals surface area (Å²) >= 11 is 3.54. The van der Waals surface area contributed by atoms with Crippen LogP contribution in [0.1, 0.15) is 24.8 Å². The number of ether oxygens (including phenoxy) is 1. The third kappa shape index (κ3) is 3.35. The maximum atomic E-state index is 12.1. The SMILES string of the molecule is C[C@@H](Br)[C@@H](CC(=O)N1CCOC1=O)c1ccccc1. The maximum Gasteiger partial charge on any atom is 0.416 e. The molecule has 2 amide bonds. The van der Waals surface area contributed by atoms with Crippen molar-refractivity contribution in [3.63, 3.8) is 0 Å². The zero-order valence-corrected chi connectivity index (χ0v) is 12.3. The molecule has 1 aliphatic rings. The molecule has 0 aromatic heterocycles. The average Bonchev–Trinajstić information content (AvgIpc) is 2.82. The molecule has 1 fully saturated rings. The molecule has 0 unspecified atom stereocenters. The van der Waals surface area contributed by atoms with Crippen molar-refractivity contribution in [3.05, 3.63) is 35.9 Å². The van der Waals surface area contributed by atoms with E-state index in [2.05, 4.69) is 15.9 Å². The number of alkyl halides is 1. The highest BCUT2D eigenvalue weighted by molar-refractivity contribution is 9.09. The molecule has 1 aromatic carbocycles. The zero-order chi connectivity index (χ0) is 13.8. The summed E-state index contributed by atoms with van der Waals surface area (Å²) in [5, 5.41) is 0. The minimum Gasteiger partial charge on any atom is -0.447 e. The van der Waals surface area contributed by atoms with E-state index in [0.29, 0.717) is 19.6 Å². The number of carbonyl (C=O) groups is 2. The quantitative estimate of drug-likeness (QED) is 0.799. The second-order valence-electron chi connectivity index (χ2n) is 4.56. The van der Waals surface area contributed by atoms with Crippen molar-refractivity contribution in [2.45, 2.75) is 24.1 Å². The molecular formula is C14H16BrNO3. The Morgan fingerprint density at radius 3 is 2.63 bits per heavy atom. The van der Waals surface area contributed by atoms with Gasteiger partial charge in [-0.2, -0.15) is 0 Å². The Morgan fingerprint density at radius 2 is 2.11 bits per heavy atom. The molecule has 0 N–H and O–H groups in total. The Morgan fingerprint density at radius 1 is 1.42 bits per heavy atom. The summed E-state index contributed by atoms with van der Waals surface area (Å²) in [6, 6.07) is 9.84. The minimum atomic E-state index is -0.529. The van der Waals surface area contributed by atoms with Gasteiger partial charge in [-0.3, -0.25) is 4.79 Å². The van der Waals surface area contributed by atoms with Gasteiger partial charge >= 0.3 is 6.09 Å². The highest BCUT2D eigenvalue weighted by Crippen LogP contribution is 2.29. The number of cyclic esters (lactones) is 1. The summed E-state index contributed by atoms with van der Waals surface area (Å²) in [5.41, 5.74) is 1.09. The predicted octanol–water partition coefficient (Wildman–Crippen LogP) is 2.92. The number of nitrogens with zero attached hydrogens (tertiary/aromatic N) is 1. The van der Waals surface area contributed by atoms with Gasteiger partial charge in [0.1, 0.15) is 6.61 Å². The van der Waals surface area contributed by atoms with Crippen LogP contribution in [0.25, 0.3) is 0 Å².